The summed E-state index contributed by atoms with van der Waals surface area (Å²) in [5.41, 5.74) is 10.8. The van der Waals surface area contributed by atoms with Crippen molar-refractivity contribution >= 4 is 21.7 Å². The van der Waals surface area contributed by atoms with E-state index < -0.39 is 22.0 Å². The monoisotopic (exact) mass is 273 g/mol. The lowest BCUT2D eigenvalue weighted by Crippen LogP contribution is -2.50. The van der Waals surface area contributed by atoms with E-state index in [2.05, 4.69) is 10.2 Å². The van der Waals surface area contributed by atoms with Gasteiger partial charge in [-0.25, -0.2) is 8.42 Å². The molecule has 1 amide bonds. The van der Waals surface area contributed by atoms with E-state index >= 15 is 0 Å². The molecule has 9 heteroatoms. The number of nitrogens with one attached hydrogen (secondary N) is 1. The smallest absolute Gasteiger partial charge is 0.249 e. The second-order valence-corrected chi connectivity index (χ2v) is 6.04. The van der Waals surface area contributed by atoms with Gasteiger partial charge in [-0.2, -0.15) is 9.40 Å². The number of nitrogens with zero attached hydrogens (tertiary/aromatic N) is 2. The van der Waals surface area contributed by atoms with E-state index in [0.29, 0.717) is 12.8 Å². The number of nitrogen functional groups attached to an aromatic ring is 1. The Morgan fingerprint density at radius 2 is 2.22 bits per heavy atom. The highest BCUT2D eigenvalue weighted by Crippen LogP contribution is 2.27. The van der Waals surface area contributed by atoms with Gasteiger partial charge in [0.1, 0.15) is 16.8 Å². The Bertz CT molecular complexity index is 552. The van der Waals surface area contributed by atoms with Crippen LogP contribution >= 0.6 is 0 Å². The van der Waals surface area contributed by atoms with Crippen LogP contribution in [0.4, 0.5) is 5.82 Å². The third kappa shape index (κ3) is 2.06. The molecule has 1 aliphatic rings. The molecule has 100 valence electrons. The van der Waals surface area contributed by atoms with Gasteiger partial charge in [-0.3, -0.25) is 9.89 Å². The minimum Gasteiger partial charge on any atom is -0.383 e. The van der Waals surface area contributed by atoms with E-state index in [4.69, 9.17) is 11.5 Å². The highest BCUT2D eigenvalue weighted by Gasteiger charge is 2.38. The van der Waals surface area contributed by atoms with Crippen LogP contribution in [-0.2, 0) is 14.8 Å². The number of hydrogen-bond donors (Lipinski definition) is 3. The Kier molecular flexibility index (Phi) is 3.26. The van der Waals surface area contributed by atoms with Crippen molar-refractivity contribution in [3.63, 3.8) is 0 Å². The lowest BCUT2D eigenvalue weighted by atomic mass is 10.0. The molecule has 0 aliphatic carbocycles. The van der Waals surface area contributed by atoms with Crippen LogP contribution in [0.3, 0.4) is 0 Å². The van der Waals surface area contributed by atoms with Gasteiger partial charge in [0.05, 0.1) is 6.20 Å². The van der Waals surface area contributed by atoms with Crippen LogP contribution < -0.4 is 11.5 Å². The number of H-pyrrole nitrogens is 1. The molecule has 1 aliphatic heterocycles. The summed E-state index contributed by atoms with van der Waals surface area (Å²) in [6.07, 6.45) is 3.05. The first kappa shape index (κ1) is 12.8. The molecular formula is C9H15N5O3S. The molecule has 0 radical (unpaired) electrons. The topological polar surface area (TPSA) is 135 Å². The van der Waals surface area contributed by atoms with Crippen molar-refractivity contribution in [3.05, 3.63) is 6.20 Å². The average Bonchev–Trinajstić information content (AvgIpc) is 2.76. The van der Waals surface area contributed by atoms with E-state index in [9.17, 15) is 13.2 Å². The zero-order valence-corrected chi connectivity index (χ0v) is 10.5. The number of sulfonamides is 1. The Balaban J connectivity index is 2.39. The van der Waals surface area contributed by atoms with Gasteiger partial charge in [0.15, 0.2) is 0 Å². The van der Waals surface area contributed by atoms with Gasteiger partial charge < -0.3 is 11.5 Å². The van der Waals surface area contributed by atoms with E-state index in [1.54, 1.807) is 0 Å². The second-order valence-electron chi connectivity index (χ2n) is 4.18. The van der Waals surface area contributed by atoms with Crippen molar-refractivity contribution in [1.82, 2.24) is 14.5 Å². The number of anilines is 1. The van der Waals surface area contributed by atoms with Crippen molar-refractivity contribution in [2.45, 2.75) is 30.2 Å². The van der Waals surface area contributed by atoms with E-state index in [1.165, 1.54) is 0 Å². The predicted octanol–water partition coefficient (Wildman–Crippen LogP) is -0.980. The molecule has 0 saturated carbocycles. The number of primary amides is 1. The van der Waals surface area contributed by atoms with Gasteiger partial charge in [-0.05, 0) is 12.8 Å². The summed E-state index contributed by atoms with van der Waals surface area (Å²) in [4.78, 5) is 11.2. The maximum Gasteiger partial charge on any atom is 0.249 e. The predicted molar refractivity (Wildman–Crippen MR) is 63.7 cm³/mol. The molecular weight excluding hydrogens is 258 g/mol. The fourth-order valence-electron chi connectivity index (χ4n) is 2.09. The zero-order chi connectivity index (χ0) is 13.3. The molecule has 5 N–H and O–H groups in total. The summed E-state index contributed by atoms with van der Waals surface area (Å²) in [6, 6.07) is -0.807. The summed E-state index contributed by atoms with van der Waals surface area (Å²) in [5, 5.41) is 5.94. The van der Waals surface area contributed by atoms with Crippen LogP contribution in [0.2, 0.25) is 0 Å². The van der Waals surface area contributed by atoms with E-state index in [-0.39, 0.29) is 17.3 Å². The third-order valence-corrected chi connectivity index (χ3v) is 4.94. The summed E-state index contributed by atoms with van der Waals surface area (Å²) < 4.78 is 25.8. The lowest BCUT2D eigenvalue weighted by Gasteiger charge is -2.32. The number of aromatic amines is 1. The van der Waals surface area contributed by atoms with E-state index in [1.807, 2.05) is 0 Å². The molecule has 8 nitrogen and oxygen atoms in total. The third-order valence-electron chi connectivity index (χ3n) is 3.00. The molecule has 0 aromatic carbocycles. The molecule has 2 heterocycles. The highest BCUT2D eigenvalue weighted by molar-refractivity contribution is 7.89. The van der Waals surface area contributed by atoms with Crippen molar-refractivity contribution in [1.29, 1.82) is 0 Å². The number of piperidine rings is 1. The number of nitrogens with two attached hydrogens (primary N) is 2. The molecule has 1 atom stereocenters. The van der Waals surface area contributed by atoms with Gasteiger partial charge in [-0.15, -0.1) is 0 Å². The first-order valence-electron chi connectivity index (χ1n) is 5.54. The first-order valence-corrected chi connectivity index (χ1v) is 6.98. The van der Waals surface area contributed by atoms with Crippen LogP contribution in [0.1, 0.15) is 19.3 Å². The number of hydrogen-bond acceptors (Lipinski definition) is 5. The van der Waals surface area contributed by atoms with Crippen molar-refractivity contribution in [2.24, 2.45) is 5.73 Å². The summed E-state index contributed by atoms with van der Waals surface area (Å²) in [6.45, 7) is 0.264. The number of rotatable bonds is 3. The number of carbonyl (C=O) groups excluding carboxylic acids is 1. The molecule has 1 fully saturated rings. The molecule has 1 unspecified atom stereocenters. The minimum atomic E-state index is -3.83. The van der Waals surface area contributed by atoms with Crippen molar-refractivity contribution in [3.8, 4) is 0 Å². The SMILES string of the molecule is NC(=O)C1CCCCN1S(=O)(=O)c1cn[nH]c1N. The van der Waals surface area contributed by atoms with Gasteiger partial charge >= 0.3 is 0 Å². The Labute approximate surface area is 104 Å². The van der Waals surface area contributed by atoms with Crippen LogP contribution in [0.25, 0.3) is 0 Å². The lowest BCUT2D eigenvalue weighted by molar-refractivity contribution is -0.122. The number of aromatic nitrogens is 2. The maximum atomic E-state index is 12.4. The molecule has 1 aromatic rings. The molecule has 0 spiro atoms. The summed E-state index contributed by atoms with van der Waals surface area (Å²) in [7, 11) is -3.83. The Morgan fingerprint density at radius 1 is 1.50 bits per heavy atom. The molecule has 1 saturated heterocycles. The summed E-state index contributed by atoms with van der Waals surface area (Å²) in [5.74, 6) is -0.677. The average molecular weight is 273 g/mol. The van der Waals surface area contributed by atoms with Gasteiger partial charge in [0.2, 0.25) is 15.9 Å². The largest absolute Gasteiger partial charge is 0.383 e. The van der Waals surface area contributed by atoms with Gasteiger partial charge in [0, 0.05) is 6.54 Å². The molecule has 1 aromatic heterocycles. The van der Waals surface area contributed by atoms with Crippen LogP contribution in [0, 0.1) is 0 Å². The standard InChI is InChI=1S/C9H15N5O3S/c10-8-7(5-12-13-8)18(16,17)14-4-2-1-3-6(14)9(11)15/h5-6H,1-4H2,(H2,11,15)(H3,10,12,13). The number of carbonyl (C=O) groups is 1. The molecule has 0 bridgehead atoms. The first-order chi connectivity index (χ1) is 8.44. The normalized spacial score (nSPS) is 21.9. The highest BCUT2D eigenvalue weighted by atomic mass is 32.2. The van der Waals surface area contributed by atoms with Crippen LogP contribution in [0.5, 0.6) is 0 Å². The Morgan fingerprint density at radius 3 is 2.78 bits per heavy atom. The minimum absolute atomic E-state index is 0.0382. The van der Waals surface area contributed by atoms with Crippen LogP contribution in [-0.4, -0.2) is 41.4 Å². The maximum absolute atomic E-state index is 12.4. The fourth-order valence-corrected chi connectivity index (χ4v) is 3.77. The second kappa shape index (κ2) is 4.58. The summed E-state index contributed by atoms with van der Waals surface area (Å²) >= 11 is 0. The van der Waals surface area contributed by atoms with Crippen LogP contribution in [0.15, 0.2) is 11.1 Å². The zero-order valence-electron chi connectivity index (χ0n) is 9.67. The quantitative estimate of drug-likeness (QED) is 0.650. The fraction of sp³-hybridized carbons (Fsp3) is 0.556. The van der Waals surface area contributed by atoms with Gasteiger partial charge in [0.25, 0.3) is 0 Å². The van der Waals surface area contributed by atoms with Crippen molar-refractivity contribution in [2.75, 3.05) is 12.3 Å². The number of amides is 1. The van der Waals surface area contributed by atoms with Gasteiger partial charge in [-0.1, -0.05) is 6.42 Å². The van der Waals surface area contributed by atoms with E-state index in [0.717, 1.165) is 16.9 Å². The Hall–Kier alpha value is -1.61. The van der Waals surface area contributed by atoms with Crippen molar-refractivity contribution < 1.29 is 13.2 Å². The molecule has 2 rings (SSSR count). The molecule has 18 heavy (non-hydrogen) atoms.